The number of hydroxylamine groups is 2. The predicted octanol–water partition coefficient (Wildman–Crippen LogP) is 3.28. The van der Waals surface area contributed by atoms with Gasteiger partial charge < -0.3 is 15.2 Å². The Hall–Kier alpha value is -4.76. The van der Waals surface area contributed by atoms with Gasteiger partial charge in [-0.3, -0.25) is 14.8 Å². The van der Waals surface area contributed by atoms with E-state index >= 15 is 0 Å². The van der Waals surface area contributed by atoms with E-state index in [1.807, 2.05) is 43.3 Å². The van der Waals surface area contributed by atoms with E-state index in [2.05, 4.69) is 25.7 Å². The third kappa shape index (κ3) is 5.75. The van der Waals surface area contributed by atoms with Crippen LogP contribution in [0.3, 0.4) is 0 Å². The molecule has 3 N–H and O–H groups in total. The van der Waals surface area contributed by atoms with E-state index in [1.165, 1.54) is 12.3 Å². The van der Waals surface area contributed by atoms with Crippen LogP contribution in [0.4, 0.5) is 15.0 Å². The number of nitrogens with zero attached hydrogens (tertiary/aromatic N) is 7. The molecule has 13 nitrogen and oxygen atoms in total. The van der Waals surface area contributed by atoms with E-state index in [9.17, 15) is 14.3 Å². The van der Waals surface area contributed by atoms with Crippen molar-refractivity contribution in [2.75, 3.05) is 32.1 Å². The van der Waals surface area contributed by atoms with E-state index in [4.69, 9.17) is 14.7 Å². The van der Waals surface area contributed by atoms with Crippen molar-refractivity contribution in [3.63, 3.8) is 0 Å². The molecule has 1 fully saturated rings. The SMILES string of the molecule is COCCN1C[C@@H](NC(=O)Nc2c(C)c(-c3cnc4c(c3)c(CO)nn4C)nn2-c2ccccc2)[C@H](c2ccnc(F)c2)O1. The molecule has 14 heteroatoms. The highest BCUT2D eigenvalue weighted by Crippen LogP contribution is 2.33. The van der Waals surface area contributed by atoms with Gasteiger partial charge in [-0.15, -0.1) is 0 Å². The lowest BCUT2D eigenvalue weighted by molar-refractivity contribution is -0.154. The number of halogens is 1. The van der Waals surface area contributed by atoms with Crippen molar-refractivity contribution < 1.29 is 23.9 Å². The Morgan fingerprint density at radius 1 is 1.18 bits per heavy atom. The van der Waals surface area contributed by atoms with Crippen LogP contribution in [0.2, 0.25) is 0 Å². The van der Waals surface area contributed by atoms with Gasteiger partial charge in [-0.25, -0.2) is 19.4 Å². The minimum absolute atomic E-state index is 0.228. The normalized spacial score (nSPS) is 16.9. The van der Waals surface area contributed by atoms with Crippen molar-refractivity contribution in [1.82, 2.24) is 39.9 Å². The predicted molar refractivity (Wildman–Crippen MR) is 159 cm³/mol. The highest BCUT2D eigenvalue weighted by atomic mass is 19.1. The zero-order chi connectivity index (χ0) is 30.8. The number of methoxy groups -OCH3 is 1. The maximum absolute atomic E-state index is 14.0. The Morgan fingerprint density at radius 2 is 2.00 bits per heavy atom. The van der Waals surface area contributed by atoms with Crippen LogP contribution in [0.25, 0.3) is 28.0 Å². The molecule has 44 heavy (non-hydrogen) atoms. The molecule has 5 heterocycles. The van der Waals surface area contributed by atoms with Crippen LogP contribution < -0.4 is 10.6 Å². The number of hydrogen-bond acceptors (Lipinski definition) is 9. The minimum atomic E-state index is -0.635. The average Bonchev–Trinajstić information content (AvgIpc) is 3.69. The molecule has 0 bridgehead atoms. The van der Waals surface area contributed by atoms with Crippen LogP contribution in [-0.2, 0) is 23.2 Å². The zero-order valence-corrected chi connectivity index (χ0v) is 24.4. The monoisotopic (exact) mass is 601 g/mol. The third-order valence-corrected chi connectivity index (χ3v) is 7.50. The molecule has 0 unspecified atom stereocenters. The van der Waals surface area contributed by atoms with Gasteiger partial charge in [-0.1, -0.05) is 18.2 Å². The van der Waals surface area contributed by atoms with Gasteiger partial charge in [0, 0.05) is 56.2 Å². The number of benzene rings is 1. The van der Waals surface area contributed by atoms with Crippen LogP contribution in [0.15, 0.2) is 60.9 Å². The summed E-state index contributed by atoms with van der Waals surface area (Å²) in [6.45, 7) is 2.89. The first kappa shape index (κ1) is 29.3. The molecule has 4 aromatic heterocycles. The van der Waals surface area contributed by atoms with Gasteiger partial charge in [0.1, 0.15) is 11.9 Å². The first-order chi connectivity index (χ1) is 21.4. The first-order valence-corrected chi connectivity index (χ1v) is 14.0. The zero-order valence-electron chi connectivity index (χ0n) is 24.4. The van der Waals surface area contributed by atoms with Gasteiger partial charge in [0.15, 0.2) is 5.65 Å². The van der Waals surface area contributed by atoms with E-state index in [-0.39, 0.29) is 6.61 Å². The Morgan fingerprint density at radius 3 is 2.75 bits per heavy atom. The second-order valence-electron chi connectivity index (χ2n) is 10.4. The molecule has 6 rings (SSSR count). The van der Waals surface area contributed by atoms with E-state index < -0.39 is 24.1 Å². The van der Waals surface area contributed by atoms with Gasteiger partial charge in [0.25, 0.3) is 0 Å². The lowest BCUT2D eigenvalue weighted by Crippen LogP contribution is -2.42. The van der Waals surface area contributed by atoms with E-state index in [1.54, 1.807) is 40.8 Å². The maximum Gasteiger partial charge on any atom is 0.320 e. The number of aryl methyl sites for hydroxylation is 1. The summed E-state index contributed by atoms with van der Waals surface area (Å²) in [6, 6.07) is 13.3. The van der Waals surface area contributed by atoms with Crippen LogP contribution >= 0.6 is 0 Å². The van der Waals surface area contributed by atoms with Gasteiger partial charge in [-0.2, -0.15) is 19.7 Å². The number of carbonyl (C=O) groups is 1. The van der Waals surface area contributed by atoms with Crippen molar-refractivity contribution in [3.05, 3.63) is 83.7 Å². The molecule has 0 radical (unpaired) electrons. The maximum atomic E-state index is 14.0. The number of para-hydroxylation sites is 1. The summed E-state index contributed by atoms with van der Waals surface area (Å²) < 4.78 is 22.5. The van der Waals surface area contributed by atoms with E-state index in [0.29, 0.717) is 64.6 Å². The molecule has 0 saturated carbocycles. The van der Waals surface area contributed by atoms with Crippen molar-refractivity contribution in [2.24, 2.45) is 7.05 Å². The summed E-state index contributed by atoms with van der Waals surface area (Å²) in [5.41, 5.74) is 4.45. The molecular formula is C30H32FN9O4. The molecular weight excluding hydrogens is 569 g/mol. The summed E-state index contributed by atoms with van der Waals surface area (Å²) in [6.07, 6.45) is 2.43. The van der Waals surface area contributed by atoms with Crippen LogP contribution in [-0.4, -0.2) is 78.6 Å². The number of urea groups is 1. The molecule has 1 aliphatic rings. The molecule has 1 aliphatic heterocycles. The number of nitrogens with one attached hydrogen (secondary N) is 2. The second kappa shape index (κ2) is 12.5. The standard InChI is InChI=1S/C30H32FN9O4/c1-18-26(20-13-22-24(17-41)36-38(2)29(22)33-15-20)37-40(21-7-5-4-6-8-21)28(18)35-30(42)34-23-16-39(11-12-43-3)44-27(23)19-9-10-32-25(31)14-19/h4-10,13-15,23,27,41H,11-12,16-17H2,1-3H3,(H2,34,35,42)/t23-,27+/m1/s1. The van der Waals surface area contributed by atoms with E-state index in [0.717, 1.165) is 5.69 Å². The minimum Gasteiger partial charge on any atom is -0.390 e. The molecule has 228 valence electrons. The van der Waals surface area contributed by atoms with Gasteiger partial charge >= 0.3 is 6.03 Å². The summed E-state index contributed by atoms with van der Waals surface area (Å²) in [7, 11) is 3.37. The fourth-order valence-electron chi connectivity index (χ4n) is 5.38. The number of ether oxygens (including phenoxy) is 1. The Labute approximate surface area is 252 Å². The Bertz CT molecular complexity index is 1790. The number of pyridine rings is 2. The summed E-state index contributed by atoms with van der Waals surface area (Å²) in [5.74, 6) is -0.177. The molecule has 2 atom stereocenters. The number of fused-ring (bicyclic) bond motifs is 1. The fourth-order valence-corrected chi connectivity index (χ4v) is 5.38. The lowest BCUT2D eigenvalue weighted by Gasteiger charge is -2.19. The summed E-state index contributed by atoms with van der Waals surface area (Å²) in [5, 5.41) is 27.4. The topological polar surface area (TPSA) is 144 Å². The first-order valence-electron chi connectivity index (χ1n) is 14.0. The number of hydrogen-bond donors (Lipinski definition) is 3. The molecule has 2 amide bonds. The van der Waals surface area contributed by atoms with Crippen LogP contribution in [0.1, 0.15) is 22.9 Å². The van der Waals surface area contributed by atoms with Crippen molar-refractivity contribution in [1.29, 1.82) is 0 Å². The average molecular weight is 602 g/mol. The summed E-state index contributed by atoms with van der Waals surface area (Å²) in [4.78, 5) is 27.8. The number of aliphatic hydroxyl groups is 1. The number of aromatic nitrogens is 6. The van der Waals surface area contributed by atoms with Gasteiger partial charge in [0.05, 0.1) is 36.3 Å². The van der Waals surface area contributed by atoms with Gasteiger partial charge in [0.2, 0.25) is 5.95 Å². The highest BCUT2D eigenvalue weighted by Gasteiger charge is 2.37. The van der Waals surface area contributed by atoms with Crippen LogP contribution in [0, 0.1) is 12.9 Å². The molecule has 0 aliphatic carbocycles. The number of rotatable bonds is 9. The molecule has 5 aromatic rings. The van der Waals surface area contributed by atoms with Crippen molar-refractivity contribution in [2.45, 2.75) is 25.7 Å². The Balaban J connectivity index is 1.32. The van der Waals surface area contributed by atoms with Crippen molar-refractivity contribution in [3.8, 4) is 16.9 Å². The number of anilines is 1. The second-order valence-corrected chi connectivity index (χ2v) is 10.4. The molecule has 1 aromatic carbocycles. The smallest absolute Gasteiger partial charge is 0.320 e. The number of aliphatic hydroxyl groups excluding tert-OH is 1. The lowest BCUT2D eigenvalue weighted by atomic mass is 10.0. The fraction of sp³-hybridized carbons (Fsp3) is 0.300. The third-order valence-electron chi connectivity index (χ3n) is 7.50. The largest absolute Gasteiger partial charge is 0.390 e. The van der Waals surface area contributed by atoms with Gasteiger partial charge in [-0.05, 0) is 42.8 Å². The number of carbonyl (C=O) groups excluding carboxylic acids is 1. The summed E-state index contributed by atoms with van der Waals surface area (Å²) >= 11 is 0. The van der Waals surface area contributed by atoms with Crippen molar-refractivity contribution >= 4 is 22.9 Å². The Kier molecular flexibility index (Phi) is 8.30. The quantitative estimate of drug-likeness (QED) is 0.217. The van der Waals surface area contributed by atoms with Crippen LogP contribution in [0.5, 0.6) is 0 Å². The number of amides is 2. The molecule has 1 saturated heterocycles. The molecule has 0 spiro atoms. The highest BCUT2D eigenvalue weighted by molar-refractivity contribution is 5.92.